The van der Waals surface area contributed by atoms with E-state index in [2.05, 4.69) is 16.7 Å². The van der Waals surface area contributed by atoms with Crippen molar-refractivity contribution < 1.29 is 19.1 Å². The number of ether oxygens (including phenoxy) is 1. The first kappa shape index (κ1) is 27.6. The lowest BCUT2D eigenvalue weighted by atomic mass is 10.0. The van der Waals surface area contributed by atoms with Crippen LogP contribution in [-0.4, -0.2) is 40.7 Å². The summed E-state index contributed by atoms with van der Waals surface area (Å²) in [6, 6.07) is 9.61. The Hall–Kier alpha value is -3.03. The van der Waals surface area contributed by atoms with Crippen molar-refractivity contribution in [2.24, 2.45) is 0 Å². The summed E-state index contributed by atoms with van der Waals surface area (Å²) in [6.07, 6.45) is 2.44. The second-order valence-corrected chi connectivity index (χ2v) is 11.6. The SMILES string of the molecule is CCCCC(=O)Nc1cccc(SCC(=O)Nc2sc3c(c2C#N)CCN(C(=O)OC(C)(C)C)C3)c1. The van der Waals surface area contributed by atoms with Crippen LogP contribution in [0.2, 0.25) is 0 Å². The molecule has 1 aromatic heterocycles. The molecule has 36 heavy (non-hydrogen) atoms. The molecule has 3 amide bonds. The molecule has 192 valence electrons. The molecule has 0 unspecified atom stereocenters. The van der Waals surface area contributed by atoms with Crippen LogP contribution in [0.15, 0.2) is 29.2 Å². The van der Waals surface area contributed by atoms with E-state index < -0.39 is 5.60 Å². The maximum Gasteiger partial charge on any atom is 0.410 e. The number of carbonyl (C=O) groups excluding carboxylic acids is 3. The first-order valence-electron chi connectivity index (χ1n) is 11.9. The molecule has 3 rings (SSSR count). The summed E-state index contributed by atoms with van der Waals surface area (Å²) >= 11 is 2.68. The zero-order valence-electron chi connectivity index (χ0n) is 21.1. The van der Waals surface area contributed by atoms with E-state index in [1.54, 1.807) is 4.90 Å². The van der Waals surface area contributed by atoms with E-state index in [0.717, 1.165) is 28.2 Å². The van der Waals surface area contributed by atoms with E-state index in [-0.39, 0.29) is 23.7 Å². The minimum absolute atomic E-state index is 0.0207. The Labute approximate surface area is 220 Å². The van der Waals surface area contributed by atoms with Crippen LogP contribution < -0.4 is 10.6 Å². The monoisotopic (exact) mass is 528 g/mol. The molecular formula is C26H32N4O4S2. The second kappa shape index (κ2) is 12.3. The number of fused-ring (bicyclic) bond motifs is 1. The number of anilines is 2. The first-order chi connectivity index (χ1) is 17.1. The molecule has 10 heteroatoms. The third kappa shape index (κ3) is 7.73. The van der Waals surface area contributed by atoms with Crippen LogP contribution in [0.3, 0.4) is 0 Å². The predicted molar refractivity (Wildman–Crippen MR) is 143 cm³/mol. The topological polar surface area (TPSA) is 112 Å². The number of carbonyl (C=O) groups is 3. The van der Waals surface area contributed by atoms with Crippen molar-refractivity contribution in [3.05, 3.63) is 40.3 Å². The quantitative estimate of drug-likeness (QED) is 0.421. The summed E-state index contributed by atoms with van der Waals surface area (Å²) < 4.78 is 5.47. The Bertz CT molecular complexity index is 1160. The molecule has 0 spiro atoms. The summed E-state index contributed by atoms with van der Waals surface area (Å²) in [5, 5.41) is 16.0. The molecule has 8 nitrogen and oxygen atoms in total. The highest BCUT2D eigenvalue weighted by atomic mass is 32.2. The Morgan fingerprint density at radius 1 is 1.22 bits per heavy atom. The molecule has 2 N–H and O–H groups in total. The molecule has 0 saturated heterocycles. The van der Waals surface area contributed by atoms with Crippen molar-refractivity contribution in [2.75, 3.05) is 22.9 Å². The van der Waals surface area contributed by atoms with Crippen LogP contribution in [0.1, 0.15) is 63.0 Å². The first-order valence-corrected chi connectivity index (χ1v) is 13.7. The van der Waals surface area contributed by atoms with Crippen LogP contribution in [0.4, 0.5) is 15.5 Å². The Morgan fingerprint density at radius 3 is 2.69 bits per heavy atom. The maximum atomic E-state index is 12.7. The van der Waals surface area contributed by atoms with E-state index in [1.165, 1.54) is 23.1 Å². The van der Waals surface area contributed by atoms with Crippen LogP contribution in [0.25, 0.3) is 0 Å². The number of thiophene rings is 1. The van der Waals surface area contributed by atoms with Gasteiger partial charge in [0, 0.05) is 28.4 Å². The number of amides is 3. The summed E-state index contributed by atoms with van der Waals surface area (Å²) in [5.41, 5.74) is 1.47. The number of thioether (sulfide) groups is 1. The minimum atomic E-state index is -0.582. The van der Waals surface area contributed by atoms with Gasteiger partial charge in [-0.15, -0.1) is 23.1 Å². The van der Waals surface area contributed by atoms with E-state index >= 15 is 0 Å². The highest BCUT2D eigenvalue weighted by Crippen LogP contribution is 2.37. The molecule has 2 aromatic rings. The molecule has 0 aliphatic carbocycles. The van der Waals surface area contributed by atoms with Gasteiger partial charge in [-0.1, -0.05) is 19.4 Å². The Kier molecular flexibility index (Phi) is 9.40. The van der Waals surface area contributed by atoms with Gasteiger partial charge in [-0.25, -0.2) is 4.79 Å². The number of nitriles is 1. The smallest absolute Gasteiger partial charge is 0.410 e. The van der Waals surface area contributed by atoms with Gasteiger partial charge in [0.1, 0.15) is 16.7 Å². The van der Waals surface area contributed by atoms with Gasteiger partial charge in [-0.05, 0) is 57.4 Å². The maximum absolute atomic E-state index is 12.7. The average molecular weight is 529 g/mol. The van der Waals surface area contributed by atoms with E-state index in [0.29, 0.717) is 42.2 Å². The Morgan fingerprint density at radius 2 is 2.00 bits per heavy atom. The zero-order valence-corrected chi connectivity index (χ0v) is 22.7. The van der Waals surface area contributed by atoms with Crippen molar-refractivity contribution in [3.8, 4) is 6.07 Å². The van der Waals surface area contributed by atoms with E-state index in [1.807, 2.05) is 52.0 Å². The van der Waals surface area contributed by atoms with Crippen molar-refractivity contribution in [3.63, 3.8) is 0 Å². The average Bonchev–Trinajstić information content (AvgIpc) is 3.16. The van der Waals surface area contributed by atoms with Crippen LogP contribution in [-0.2, 0) is 27.3 Å². The Balaban J connectivity index is 1.59. The van der Waals surface area contributed by atoms with Crippen molar-refractivity contribution >= 4 is 51.7 Å². The molecule has 0 fully saturated rings. The molecule has 0 saturated carbocycles. The largest absolute Gasteiger partial charge is 0.444 e. The number of hydrogen-bond acceptors (Lipinski definition) is 7. The van der Waals surface area contributed by atoms with Crippen LogP contribution >= 0.6 is 23.1 Å². The fourth-order valence-electron chi connectivity index (χ4n) is 3.63. The van der Waals surface area contributed by atoms with Crippen LogP contribution in [0, 0.1) is 11.3 Å². The molecule has 0 atom stereocenters. The lowest BCUT2D eigenvalue weighted by Crippen LogP contribution is -2.39. The molecule has 1 aliphatic rings. The number of hydrogen-bond donors (Lipinski definition) is 2. The van der Waals surface area contributed by atoms with Gasteiger partial charge in [-0.2, -0.15) is 5.26 Å². The highest BCUT2D eigenvalue weighted by Gasteiger charge is 2.30. The fraction of sp³-hybridized carbons (Fsp3) is 0.462. The van der Waals surface area contributed by atoms with Gasteiger partial charge in [0.2, 0.25) is 11.8 Å². The van der Waals surface area contributed by atoms with Gasteiger partial charge < -0.3 is 20.3 Å². The summed E-state index contributed by atoms with van der Waals surface area (Å²) in [5.74, 6) is -0.0887. The summed E-state index contributed by atoms with van der Waals surface area (Å²) in [4.78, 5) is 40.5. The van der Waals surface area contributed by atoms with E-state index in [4.69, 9.17) is 4.74 Å². The number of unbranched alkanes of at least 4 members (excludes halogenated alkanes) is 1. The number of rotatable bonds is 8. The van der Waals surface area contributed by atoms with Crippen molar-refractivity contribution in [1.29, 1.82) is 5.26 Å². The fourth-order valence-corrected chi connectivity index (χ4v) is 5.61. The summed E-state index contributed by atoms with van der Waals surface area (Å²) in [7, 11) is 0. The minimum Gasteiger partial charge on any atom is -0.444 e. The van der Waals surface area contributed by atoms with Gasteiger partial charge in [0.25, 0.3) is 0 Å². The van der Waals surface area contributed by atoms with Crippen molar-refractivity contribution in [1.82, 2.24) is 4.90 Å². The molecule has 1 aliphatic heterocycles. The number of nitrogens with one attached hydrogen (secondary N) is 2. The standard InChI is InChI=1S/C26H32N4O4S2/c1-5-6-10-22(31)28-17-8-7-9-18(13-17)35-16-23(32)29-24-20(14-27)19-11-12-30(15-21(19)36-24)25(33)34-26(2,3)4/h7-9,13H,5-6,10-12,15-16H2,1-4H3,(H,28,31)(H,29,32). The lowest BCUT2D eigenvalue weighted by molar-refractivity contribution is -0.116. The number of nitrogens with zero attached hydrogens (tertiary/aromatic N) is 2. The lowest BCUT2D eigenvalue weighted by Gasteiger charge is -2.29. The van der Waals surface area contributed by atoms with Gasteiger partial charge in [-0.3, -0.25) is 9.59 Å². The van der Waals surface area contributed by atoms with Gasteiger partial charge in [0.15, 0.2) is 0 Å². The third-order valence-electron chi connectivity index (χ3n) is 5.32. The molecule has 0 radical (unpaired) electrons. The van der Waals surface area contributed by atoms with Crippen molar-refractivity contribution in [2.45, 2.75) is 70.4 Å². The second-order valence-electron chi connectivity index (χ2n) is 9.49. The normalized spacial score (nSPS) is 12.9. The summed E-state index contributed by atoms with van der Waals surface area (Å²) in [6.45, 7) is 8.33. The zero-order chi connectivity index (χ0) is 26.3. The third-order valence-corrected chi connectivity index (χ3v) is 7.44. The predicted octanol–water partition coefficient (Wildman–Crippen LogP) is 5.77. The van der Waals surface area contributed by atoms with Gasteiger partial charge >= 0.3 is 6.09 Å². The molecule has 2 heterocycles. The highest BCUT2D eigenvalue weighted by molar-refractivity contribution is 8.00. The van der Waals surface area contributed by atoms with Gasteiger partial charge in [0.05, 0.1) is 17.9 Å². The molecule has 0 bridgehead atoms. The van der Waals surface area contributed by atoms with Crippen LogP contribution in [0.5, 0.6) is 0 Å². The molecule has 1 aromatic carbocycles. The number of benzene rings is 1. The molecular weight excluding hydrogens is 496 g/mol. The van der Waals surface area contributed by atoms with E-state index in [9.17, 15) is 19.6 Å².